The first-order valence-corrected chi connectivity index (χ1v) is 13.5. The predicted molar refractivity (Wildman–Crippen MR) is 155 cm³/mol. The quantitative estimate of drug-likeness (QED) is 0.0812. The fourth-order valence-corrected chi connectivity index (χ4v) is 5.46. The van der Waals surface area contributed by atoms with Gasteiger partial charge in [0.05, 0.1) is 23.0 Å². The summed E-state index contributed by atoms with van der Waals surface area (Å²) in [6, 6.07) is 8.10. The Labute approximate surface area is 237 Å². The minimum atomic E-state index is -0.763. The topological polar surface area (TPSA) is 114 Å². The number of ether oxygens (including phenoxy) is 4. The molecule has 0 spiro atoms. The van der Waals surface area contributed by atoms with Crippen LogP contribution < -0.4 is 14.2 Å². The molecular formula is C32H31NO8. The number of fused-ring (bicyclic) bond motifs is 5. The van der Waals surface area contributed by atoms with E-state index in [0.29, 0.717) is 52.5 Å². The number of carbonyl (C=O) groups is 2. The van der Waals surface area contributed by atoms with Crippen LogP contribution in [0.2, 0.25) is 0 Å². The van der Waals surface area contributed by atoms with Crippen molar-refractivity contribution >= 4 is 39.5 Å². The van der Waals surface area contributed by atoms with Crippen LogP contribution in [-0.2, 0) is 9.53 Å². The Kier molecular flexibility index (Phi) is 8.05. The Bertz CT molecular complexity index is 1650. The van der Waals surface area contributed by atoms with Crippen LogP contribution in [0.1, 0.15) is 56.3 Å². The highest BCUT2D eigenvalue weighted by Crippen LogP contribution is 2.49. The maximum atomic E-state index is 13.9. The van der Waals surface area contributed by atoms with E-state index in [1.165, 1.54) is 24.8 Å². The Hall–Kier alpha value is -4.66. The third-order valence-corrected chi connectivity index (χ3v) is 7.46. The Balaban J connectivity index is 1.66. The van der Waals surface area contributed by atoms with Crippen LogP contribution in [0.3, 0.4) is 0 Å². The summed E-state index contributed by atoms with van der Waals surface area (Å²) in [4.78, 5) is 37.6. The number of aldehydes is 1. The van der Waals surface area contributed by atoms with Gasteiger partial charge in [0, 0.05) is 23.3 Å². The van der Waals surface area contributed by atoms with Gasteiger partial charge in [0.1, 0.15) is 18.1 Å². The molecule has 1 atom stereocenters. The van der Waals surface area contributed by atoms with E-state index in [2.05, 4.69) is 19.1 Å². The Morgan fingerprint density at radius 1 is 1.05 bits per heavy atom. The van der Waals surface area contributed by atoms with E-state index in [4.69, 9.17) is 18.9 Å². The van der Waals surface area contributed by atoms with Crippen molar-refractivity contribution in [2.75, 3.05) is 13.9 Å². The number of benzene rings is 3. The first kappa shape index (κ1) is 27.9. The van der Waals surface area contributed by atoms with Crippen LogP contribution in [-0.4, -0.2) is 37.2 Å². The number of methoxy groups -OCH3 is 1. The minimum Gasteiger partial charge on any atom is -0.496 e. The number of nitrogens with zero attached hydrogens (tertiary/aromatic N) is 1. The second-order valence-corrected chi connectivity index (χ2v) is 10.3. The van der Waals surface area contributed by atoms with Gasteiger partial charge in [-0.25, -0.2) is 4.79 Å². The fraction of sp³-hybridized carbons (Fsp3) is 0.312. The molecule has 1 heterocycles. The molecule has 3 aromatic rings. The van der Waals surface area contributed by atoms with Gasteiger partial charge < -0.3 is 18.9 Å². The number of rotatable bonds is 5. The second kappa shape index (κ2) is 11.8. The molecule has 1 aliphatic heterocycles. The molecule has 0 amide bonds. The lowest BCUT2D eigenvalue weighted by Crippen LogP contribution is -2.18. The highest BCUT2D eigenvalue weighted by atomic mass is 16.7. The summed E-state index contributed by atoms with van der Waals surface area (Å²) in [7, 11) is 1.49. The highest BCUT2D eigenvalue weighted by Gasteiger charge is 2.31. The highest BCUT2D eigenvalue weighted by molar-refractivity contribution is 6.22. The van der Waals surface area contributed by atoms with Crippen molar-refractivity contribution in [1.82, 2.24) is 0 Å². The van der Waals surface area contributed by atoms with Crippen molar-refractivity contribution in [3.05, 3.63) is 81.0 Å². The summed E-state index contributed by atoms with van der Waals surface area (Å²) in [6.07, 6.45) is 9.32. The van der Waals surface area contributed by atoms with Gasteiger partial charge in [-0.1, -0.05) is 35.4 Å². The number of esters is 1. The molecule has 0 saturated heterocycles. The van der Waals surface area contributed by atoms with E-state index in [1.807, 2.05) is 6.92 Å². The lowest BCUT2D eigenvalue weighted by atomic mass is 9.94. The first-order valence-electron chi connectivity index (χ1n) is 13.5. The number of nitro benzene ring substituents is 1. The molecule has 1 aliphatic carbocycles. The third kappa shape index (κ3) is 5.66. The molecule has 9 heteroatoms. The molecule has 0 fully saturated rings. The SMILES string of the molecule is COc1cccc2c1cc([N+](=O)[O-])c1c(C(=O)OC3C=C(C=O)CCC=C(C)CCC=C(C)C3)cc3c(c12)OCO3. The van der Waals surface area contributed by atoms with Crippen molar-refractivity contribution in [1.29, 1.82) is 0 Å². The normalized spacial score (nSPS) is 17.5. The molecule has 1 unspecified atom stereocenters. The largest absolute Gasteiger partial charge is 0.496 e. The molecule has 2 aliphatic rings. The summed E-state index contributed by atoms with van der Waals surface area (Å²) < 4.78 is 22.8. The number of nitro groups is 1. The number of allylic oxidation sites excluding steroid dienone is 4. The van der Waals surface area contributed by atoms with Gasteiger partial charge in [0.15, 0.2) is 11.5 Å². The number of non-ortho nitro benzene ring substituents is 1. The van der Waals surface area contributed by atoms with E-state index in [0.717, 1.165) is 24.7 Å². The van der Waals surface area contributed by atoms with Gasteiger partial charge >= 0.3 is 5.97 Å². The Morgan fingerprint density at radius 2 is 1.83 bits per heavy atom. The van der Waals surface area contributed by atoms with Crippen molar-refractivity contribution in [3.63, 3.8) is 0 Å². The maximum absolute atomic E-state index is 13.9. The van der Waals surface area contributed by atoms with E-state index in [-0.39, 0.29) is 29.2 Å². The monoisotopic (exact) mass is 557 g/mol. The average molecular weight is 558 g/mol. The Morgan fingerprint density at radius 3 is 2.59 bits per heavy atom. The van der Waals surface area contributed by atoms with Crippen LogP contribution in [0, 0.1) is 10.1 Å². The molecule has 5 rings (SSSR count). The molecule has 0 saturated carbocycles. The van der Waals surface area contributed by atoms with Gasteiger partial charge in [-0.2, -0.15) is 0 Å². The smallest absolute Gasteiger partial charge is 0.339 e. The zero-order valence-electron chi connectivity index (χ0n) is 23.2. The van der Waals surface area contributed by atoms with E-state index in [9.17, 15) is 19.7 Å². The first-order chi connectivity index (χ1) is 19.8. The van der Waals surface area contributed by atoms with Gasteiger partial charge in [-0.05, 0) is 68.7 Å². The average Bonchev–Trinajstić information content (AvgIpc) is 3.43. The van der Waals surface area contributed by atoms with Crippen LogP contribution >= 0.6 is 0 Å². The van der Waals surface area contributed by atoms with E-state index in [1.54, 1.807) is 24.3 Å². The van der Waals surface area contributed by atoms with Gasteiger partial charge in [0.25, 0.3) is 5.69 Å². The van der Waals surface area contributed by atoms with Gasteiger partial charge in [-0.15, -0.1) is 0 Å². The summed E-state index contributed by atoms with van der Waals surface area (Å²) in [5, 5.41) is 13.9. The van der Waals surface area contributed by atoms with E-state index >= 15 is 0 Å². The molecule has 0 bridgehead atoms. The molecule has 3 aromatic carbocycles. The van der Waals surface area contributed by atoms with Crippen LogP contribution in [0.15, 0.2) is 65.3 Å². The number of hydrogen-bond acceptors (Lipinski definition) is 8. The molecule has 0 radical (unpaired) electrons. The fourth-order valence-electron chi connectivity index (χ4n) is 5.46. The molecule has 41 heavy (non-hydrogen) atoms. The number of carbonyl (C=O) groups excluding carboxylic acids is 2. The third-order valence-electron chi connectivity index (χ3n) is 7.46. The lowest BCUT2D eigenvalue weighted by Gasteiger charge is -2.18. The van der Waals surface area contributed by atoms with Crippen molar-refractivity contribution in [3.8, 4) is 17.2 Å². The summed E-state index contributed by atoms with van der Waals surface area (Å²) in [5.41, 5.74) is 2.50. The second-order valence-electron chi connectivity index (χ2n) is 10.3. The molecule has 0 aromatic heterocycles. The molecule has 212 valence electrons. The standard InChI is InChI=1S/C32H31NO8/c1-19-7-4-9-20(2)13-22(14-21(17-34)10-5-8-19)41-32(35)25-16-28-31(40-18-39-28)30-23-11-6-12-27(38-3)24(23)15-26(29(25)30)33(36)37/h6,8-9,11-12,14-17,22H,4-5,7,10,13,18H2,1-3H3. The van der Waals surface area contributed by atoms with Crippen LogP contribution in [0.4, 0.5) is 5.69 Å². The molecule has 9 nitrogen and oxygen atoms in total. The molecular weight excluding hydrogens is 526 g/mol. The molecule has 0 N–H and O–H groups in total. The number of hydrogen-bond donors (Lipinski definition) is 0. The van der Waals surface area contributed by atoms with Crippen molar-refractivity contribution in [2.45, 2.75) is 52.1 Å². The van der Waals surface area contributed by atoms with Crippen molar-refractivity contribution in [2.24, 2.45) is 0 Å². The maximum Gasteiger partial charge on any atom is 0.339 e. The summed E-state index contributed by atoms with van der Waals surface area (Å²) in [6.45, 7) is 3.95. The summed E-state index contributed by atoms with van der Waals surface area (Å²) in [5.74, 6) is 0.283. The summed E-state index contributed by atoms with van der Waals surface area (Å²) >= 11 is 0. The van der Waals surface area contributed by atoms with Gasteiger partial charge in [-0.3, -0.25) is 14.9 Å². The van der Waals surface area contributed by atoms with E-state index < -0.39 is 17.0 Å². The minimum absolute atomic E-state index is 0.0203. The lowest BCUT2D eigenvalue weighted by molar-refractivity contribution is -0.383. The van der Waals surface area contributed by atoms with Crippen LogP contribution in [0.25, 0.3) is 21.5 Å². The zero-order chi connectivity index (χ0) is 29.1. The predicted octanol–water partition coefficient (Wildman–Crippen LogP) is 7.15. The van der Waals surface area contributed by atoms with Crippen LogP contribution in [0.5, 0.6) is 17.2 Å². The zero-order valence-corrected chi connectivity index (χ0v) is 23.2. The van der Waals surface area contributed by atoms with Gasteiger partial charge in [0.2, 0.25) is 6.79 Å². The van der Waals surface area contributed by atoms with Crippen molar-refractivity contribution < 1.29 is 33.5 Å².